The summed E-state index contributed by atoms with van der Waals surface area (Å²) >= 11 is 12.0. The highest BCUT2D eigenvalue weighted by Crippen LogP contribution is 2.30. The topological polar surface area (TPSA) is 30.0 Å². The molecule has 0 aliphatic heterocycles. The molecule has 2 nitrogen and oxygen atoms in total. The van der Waals surface area contributed by atoms with E-state index in [4.69, 9.17) is 23.2 Å². The molecule has 0 radical (unpaired) electrons. The number of hydrogen-bond donors (Lipinski definition) is 0. The summed E-state index contributed by atoms with van der Waals surface area (Å²) in [4.78, 5) is 16.3. The first kappa shape index (κ1) is 15.0. The molecule has 1 aromatic heterocycles. The van der Waals surface area contributed by atoms with Gasteiger partial charge in [-0.2, -0.15) is 0 Å². The minimum absolute atomic E-state index is 0.420. The Hall–Kier alpha value is -1.90. The maximum Gasteiger partial charge on any atom is 0.253 e. The zero-order chi connectivity index (χ0) is 15.7. The van der Waals surface area contributed by atoms with E-state index in [9.17, 15) is 4.79 Å². The molecule has 0 spiro atoms. The zero-order valence-electron chi connectivity index (χ0n) is 11.9. The van der Waals surface area contributed by atoms with Crippen LogP contribution in [-0.2, 0) is 6.42 Å². The molecule has 22 heavy (non-hydrogen) atoms. The van der Waals surface area contributed by atoms with Gasteiger partial charge in [-0.25, -0.2) is 4.98 Å². The fourth-order valence-corrected chi connectivity index (χ4v) is 2.81. The molecule has 0 aliphatic rings. The van der Waals surface area contributed by atoms with E-state index in [2.05, 4.69) is 24.0 Å². The smallest absolute Gasteiger partial charge is 0.253 e. The van der Waals surface area contributed by atoms with Gasteiger partial charge in [-0.15, -0.1) is 0 Å². The maximum atomic E-state index is 11.7. The molecule has 0 unspecified atom stereocenters. The van der Waals surface area contributed by atoms with Crippen LogP contribution in [0, 0.1) is 0 Å². The normalized spacial score (nSPS) is 10.9. The fraction of sp³-hybridized carbons (Fsp3) is 0.111. The number of aromatic nitrogens is 1. The van der Waals surface area contributed by atoms with Crippen LogP contribution in [0.4, 0.5) is 0 Å². The predicted molar refractivity (Wildman–Crippen MR) is 91.8 cm³/mol. The van der Waals surface area contributed by atoms with Crippen LogP contribution in [0.5, 0.6) is 0 Å². The van der Waals surface area contributed by atoms with Gasteiger partial charge in [-0.3, -0.25) is 4.79 Å². The number of para-hydroxylation sites is 1. The van der Waals surface area contributed by atoms with E-state index in [1.807, 2.05) is 12.1 Å². The number of nitrogens with zero attached hydrogens (tertiary/aromatic N) is 1. The van der Waals surface area contributed by atoms with E-state index in [1.54, 1.807) is 24.3 Å². The molecule has 0 atom stereocenters. The van der Waals surface area contributed by atoms with E-state index < -0.39 is 5.24 Å². The number of benzene rings is 2. The number of fused-ring (bicyclic) bond motifs is 1. The summed E-state index contributed by atoms with van der Waals surface area (Å²) in [6.07, 6.45) is 0.975. The number of halogens is 2. The first-order chi connectivity index (χ1) is 10.6. The molecule has 0 saturated heterocycles. The molecule has 0 amide bonds. The lowest BCUT2D eigenvalue weighted by atomic mass is 10.0. The number of carbonyl (C=O) groups is 1. The molecule has 1 heterocycles. The molecular formula is C18H13Cl2NO. The molecule has 0 saturated carbocycles. The van der Waals surface area contributed by atoms with Gasteiger partial charge in [0.2, 0.25) is 0 Å². The molecule has 3 rings (SSSR count). The Morgan fingerprint density at radius 3 is 2.50 bits per heavy atom. The van der Waals surface area contributed by atoms with E-state index in [-0.39, 0.29) is 0 Å². The van der Waals surface area contributed by atoms with Gasteiger partial charge in [-0.1, -0.05) is 54.9 Å². The highest BCUT2D eigenvalue weighted by Gasteiger charge is 2.13. The van der Waals surface area contributed by atoms with Gasteiger partial charge in [0.05, 0.1) is 16.2 Å². The van der Waals surface area contributed by atoms with Gasteiger partial charge in [0.1, 0.15) is 0 Å². The van der Waals surface area contributed by atoms with Crippen molar-refractivity contribution in [2.24, 2.45) is 0 Å². The quantitative estimate of drug-likeness (QED) is 0.594. The van der Waals surface area contributed by atoms with Crippen molar-refractivity contribution >= 4 is 39.3 Å². The summed E-state index contributed by atoms with van der Waals surface area (Å²) in [5, 5.41) is 0.659. The molecule has 0 N–H and O–H groups in total. The second-order valence-corrected chi connectivity index (χ2v) is 5.77. The Morgan fingerprint density at radius 1 is 1.14 bits per heavy atom. The van der Waals surface area contributed by atoms with Crippen LogP contribution < -0.4 is 0 Å². The third-order valence-corrected chi connectivity index (χ3v) is 4.17. The van der Waals surface area contributed by atoms with Crippen molar-refractivity contribution in [2.45, 2.75) is 13.3 Å². The Bertz CT molecular complexity index is 857. The van der Waals surface area contributed by atoms with Crippen LogP contribution in [0.25, 0.3) is 22.2 Å². The first-order valence-electron chi connectivity index (χ1n) is 6.98. The SMILES string of the molecule is CCc1ccc(-c2cc(C(=O)Cl)c3cccc(Cl)c3n2)cc1. The molecule has 4 heteroatoms. The van der Waals surface area contributed by atoms with Crippen molar-refractivity contribution in [3.63, 3.8) is 0 Å². The zero-order valence-corrected chi connectivity index (χ0v) is 13.4. The largest absolute Gasteiger partial charge is 0.276 e. The lowest BCUT2D eigenvalue weighted by Crippen LogP contribution is -1.96. The van der Waals surface area contributed by atoms with Gasteiger partial charge in [0.25, 0.3) is 5.24 Å². The molecule has 0 fully saturated rings. The summed E-state index contributed by atoms with van der Waals surface area (Å²) in [5.74, 6) is 0. The van der Waals surface area contributed by atoms with Crippen molar-refractivity contribution in [1.82, 2.24) is 4.98 Å². The number of rotatable bonds is 3. The van der Waals surface area contributed by atoms with Crippen LogP contribution in [0.2, 0.25) is 5.02 Å². The molecule has 0 aliphatic carbocycles. The monoisotopic (exact) mass is 329 g/mol. The van der Waals surface area contributed by atoms with Gasteiger partial charge < -0.3 is 0 Å². The van der Waals surface area contributed by atoms with Crippen LogP contribution in [-0.4, -0.2) is 10.2 Å². The lowest BCUT2D eigenvalue weighted by molar-refractivity contribution is 0.108. The maximum absolute atomic E-state index is 11.7. The Labute approximate surface area is 138 Å². The highest BCUT2D eigenvalue weighted by atomic mass is 35.5. The van der Waals surface area contributed by atoms with E-state index >= 15 is 0 Å². The molecule has 110 valence electrons. The number of carbonyl (C=O) groups excluding carboxylic acids is 1. The van der Waals surface area contributed by atoms with E-state index in [1.165, 1.54) is 5.56 Å². The van der Waals surface area contributed by atoms with Crippen molar-refractivity contribution < 1.29 is 4.79 Å². The third-order valence-electron chi connectivity index (χ3n) is 3.66. The Kier molecular flexibility index (Phi) is 4.14. The number of hydrogen-bond acceptors (Lipinski definition) is 2. The molecule has 2 aromatic carbocycles. The summed E-state index contributed by atoms with van der Waals surface area (Å²) in [6, 6.07) is 15.1. The molecular weight excluding hydrogens is 317 g/mol. The lowest BCUT2D eigenvalue weighted by Gasteiger charge is -2.09. The summed E-state index contributed by atoms with van der Waals surface area (Å²) in [6.45, 7) is 2.10. The molecule has 3 aromatic rings. The highest BCUT2D eigenvalue weighted by molar-refractivity contribution is 6.68. The minimum Gasteiger partial charge on any atom is -0.276 e. The minimum atomic E-state index is -0.513. The van der Waals surface area contributed by atoms with Crippen molar-refractivity contribution in [3.8, 4) is 11.3 Å². The summed E-state index contributed by atoms with van der Waals surface area (Å²) in [5.41, 5.74) is 3.87. The van der Waals surface area contributed by atoms with Gasteiger partial charge in [0.15, 0.2) is 0 Å². The van der Waals surface area contributed by atoms with Crippen LogP contribution in [0.15, 0.2) is 48.5 Å². The fourth-order valence-electron chi connectivity index (χ4n) is 2.44. The van der Waals surface area contributed by atoms with Gasteiger partial charge in [0, 0.05) is 16.5 Å². The van der Waals surface area contributed by atoms with Crippen LogP contribution in [0.3, 0.4) is 0 Å². The van der Waals surface area contributed by atoms with E-state index in [0.29, 0.717) is 27.2 Å². The second kappa shape index (κ2) is 6.07. The predicted octanol–water partition coefficient (Wildman–Crippen LogP) is 5.50. The standard InChI is InChI=1S/C18H13Cl2NO/c1-2-11-6-8-12(9-7-11)16-10-14(18(20)22)13-4-3-5-15(19)17(13)21-16/h3-10H,2H2,1H3. The summed E-state index contributed by atoms with van der Waals surface area (Å²) < 4.78 is 0. The Morgan fingerprint density at radius 2 is 1.86 bits per heavy atom. The van der Waals surface area contributed by atoms with Crippen LogP contribution in [0.1, 0.15) is 22.8 Å². The molecule has 0 bridgehead atoms. The number of pyridine rings is 1. The van der Waals surface area contributed by atoms with Crippen molar-refractivity contribution in [3.05, 3.63) is 64.7 Å². The second-order valence-electron chi connectivity index (χ2n) is 5.02. The van der Waals surface area contributed by atoms with Gasteiger partial charge in [-0.05, 0) is 35.7 Å². The Balaban J connectivity index is 2.25. The van der Waals surface area contributed by atoms with Gasteiger partial charge >= 0.3 is 0 Å². The van der Waals surface area contributed by atoms with Crippen molar-refractivity contribution in [1.29, 1.82) is 0 Å². The summed E-state index contributed by atoms with van der Waals surface area (Å²) in [7, 11) is 0. The number of aryl methyl sites for hydroxylation is 1. The third kappa shape index (κ3) is 2.72. The van der Waals surface area contributed by atoms with Crippen molar-refractivity contribution in [2.75, 3.05) is 0 Å². The van der Waals surface area contributed by atoms with Crippen LogP contribution >= 0.6 is 23.2 Å². The average Bonchev–Trinajstić information content (AvgIpc) is 2.54. The first-order valence-corrected chi connectivity index (χ1v) is 7.74. The van der Waals surface area contributed by atoms with E-state index in [0.717, 1.165) is 12.0 Å². The average molecular weight is 330 g/mol.